The van der Waals surface area contributed by atoms with Crippen LogP contribution >= 0.6 is 0 Å². The molecule has 1 aliphatic rings. The van der Waals surface area contributed by atoms with Crippen LogP contribution in [0.4, 0.5) is 0 Å². The molecule has 1 fully saturated rings. The minimum Gasteiger partial charge on any atom is -0.466 e. The number of rotatable bonds is 4. The zero-order valence-corrected chi connectivity index (χ0v) is 11.7. The number of furan rings is 1. The van der Waals surface area contributed by atoms with Gasteiger partial charge < -0.3 is 9.73 Å². The second-order valence-corrected chi connectivity index (χ2v) is 6.42. The van der Waals surface area contributed by atoms with Crippen molar-refractivity contribution in [2.45, 2.75) is 58.4 Å². The topological polar surface area (TPSA) is 42.2 Å². The van der Waals surface area contributed by atoms with Crippen LogP contribution < -0.4 is 5.32 Å². The van der Waals surface area contributed by atoms with Crippen molar-refractivity contribution in [3.63, 3.8) is 0 Å². The van der Waals surface area contributed by atoms with Crippen LogP contribution in [0.15, 0.2) is 16.5 Å². The van der Waals surface area contributed by atoms with E-state index in [1.54, 1.807) is 0 Å². The maximum absolute atomic E-state index is 11.7. The molecule has 100 valence electrons. The maximum Gasteiger partial charge on any atom is 0.220 e. The first kappa shape index (κ1) is 13.2. The molecule has 18 heavy (non-hydrogen) atoms. The summed E-state index contributed by atoms with van der Waals surface area (Å²) >= 11 is 0. The van der Waals surface area contributed by atoms with Crippen molar-refractivity contribution in [1.82, 2.24) is 5.32 Å². The van der Waals surface area contributed by atoms with Crippen LogP contribution in [-0.4, -0.2) is 11.4 Å². The molecule has 0 aromatic carbocycles. The summed E-state index contributed by atoms with van der Waals surface area (Å²) in [5.41, 5.74) is -0.158. The fourth-order valence-corrected chi connectivity index (χ4v) is 2.16. The number of nitrogens with one attached hydrogen (secondary N) is 1. The SMILES string of the molecule is CC1CC1c1ccc(CCC(=O)NC(C)(C)C)o1. The van der Waals surface area contributed by atoms with Crippen LogP contribution in [0.25, 0.3) is 0 Å². The third-order valence-corrected chi connectivity index (χ3v) is 3.27. The molecular weight excluding hydrogens is 226 g/mol. The van der Waals surface area contributed by atoms with E-state index in [0.29, 0.717) is 18.8 Å². The molecule has 1 aromatic rings. The predicted octanol–water partition coefficient (Wildman–Crippen LogP) is 3.25. The van der Waals surface area contributed by atoms with Crippen LogP contribution in [0.3, 0.4) is 0 Å². The van der Waals surface area contributed by atoms with E-state index in [1.807, 2.05) is 26.8 Å². The summed E-state index contributed by atoms with van der Waals surface area (Å²) in [6.07, 6.45) is 2.41. The number of carbonyl (C=O) groups is 1. The van der Waals surface area contributed by atoms with Crippen molar-refractivity contribution in [2.24, 2.45) is 5.92 Å². The van der Waals surface area contributed by atoms with Crippen LogP contribution in [0.2, 0.25) is 0 Å². The highest BCUT2D eigenvalue weighted by Crippen LogP contribution is 2.47. The Morgan fingerprint density at radius 2 is 2.11 bits per heavy atom. The first-order valence-electron chi connectivity index (χ1n) is 6.75. The highest BCUT2D eigenvalue weighted by atomic mass is 16.3. The highest BCUT2D eigenvalue weighted by molar-refractivity contribution is 5.76. The average Bonchev–Trinajstić information content (AvgIpc) is 2.77. The predicted molar refractivity (Wildman–Crippen MR) is 71.4 cm³/mol. The van der Waals surface area contributed by atoms with Crippen LogP contribution in [0.1, 0.15) is 58.0 Å². The fraction of sp³-hybridized carbons (Fsp3) is 0.667. The van der Waals surface area contributed by atoms with Gasteiger partial charge in [0, 0.05) is 24.3 Å². The molecule has 1 N–H and O–H groups in total. The van der Waals surface area contributed by atoms with Gasteiger partial charge in [0.05, 0.1) is 0 Å². The van der Waals surface area contributed by atoms with Gasteiger partial charge in [-0.2, -0.15) is 0 Å². The van der Waals surface area contributed by atoms with Crippen molar-refractivity contribution in [3.8, 4) is 0 Å². The van der Waals surface area contributed by atoms with Gasteiger partial charge in [0.1, 0.15) is 11.5 Å². The van der Waals surface area contributed by atoms with Gasteiger partial charge in [-0.05, 0) is 45.2 Å². The zero-order chi connectivity index (χ0) is 13.3. The molecule has 1 aliphatic carbocycles. The Bertz CT molecular complexity index is 428. The second-order valence-electron chi connectivity index (χ2n) is 6.42. The molecule has 1 heterocycles. The highest BCUT2D eigenvalue weighted by Gasteiger charge is 2.36. The molecule has 1 aromatic heterocycles. The third-order valence-electron chi connectivity index (χ3n) is 3.27. The standard InChI is InChI=1S/C15H23NO2/c1-10-9-12(10)13-7-5-11(18-13)6-8-14(17)16-15(2,3)4/h5,7,10,12H,6,8-9H2,1-4H3,(H,16,17). The molecule has 0 saturated heterocycles. The van der Waals surface area contributed by atoms with Gasteiger partial charge in [-0.1, -0.05) is 6.92 Å². The van der Waals surface area contributed by atoms with E-state index in [2.05, 4.69) is 18.3 Å². The van der Waals surface area contributed by atoms with Crippen molar-refractivity contribution in [2.75, 3.05) is 0 Å². The monoisotopic (exact) mass is 249 g/mol. The maximum atomic E-state index is 11.7. The average molecular weight is 249 g/mol. The Morgan fingerprint density at radius 1 is 1.44 bits per heavy atom. The Labute approximate surface area is 109 Å². The van der Waals surface area contributed by atoms with E-state index in [1.165, 1.54) is 6.42 Å². The molecule has 2 rings (SSSR count). The van der Waals surface area contributed by atoms with Gasteiger partial charge in [0.2, 0.25) is 5.91 Å². The van der Waals surface area contributed by atoms with Gasteiger partial charge in [-0.3, -0.25) is 4.79 Å². The summed E-state index contributed by atoms with van der Waals surface area (Å²) in [6.45, 7) is 8.21. The molecule has 3 nitrogen and oxygen atoms in total. The van der Waals surface area contributed by atoms with Gasteiger partial charge in [-0.25, -0.2) is 0 Å². The summed E-state index contributed by atoms with van der Waals surface area (Å²) in [7, 11) is 0. The molecule has 0 radical (unpaired) electrons. The summed E-state index contributed by atoms with van der Waals surface area (Å²) in [6, 6.07) is 4.07. The normalized spacial score (nSPS) is 22.9. The van der Waals surface area contributed by atoms with E-state index in [0.717, 1.165) is 17.4 Å². The van der Waals surface area contributed by atoms with E-state index >= 15 is 0 Å². The van der Waals surface area contributed by atoms with Crippen LogP contribution in [0.5, 0.6) is 0 Å². The van der Waals surface area contributed by atoms with Gasteiger partial charge in [0.25, 0.3) is 0 Å². The Kier molecular flexibility index (Phi) is 3.51. The summed E-state index contributed by atoms with van der Waals surface area (Å²) in [4.78, 5) is 11.7. The van der Waals surface area contributed by atoms with Crippen molar-refractivity contribution in [1.29, 1.82) is 0 Å². The zero-order valence-electron chi connectivity index (χ0n) is 11.7. The van der Waals surface area contributed by atoms with E-state index in [-0.39, 0.29) is 11.4 Å². The van der Waals surface area contributed by atoms with Gasteiger partial charge in [-0.15, -0.1) is 0 Å². The molecule has 1 amide bonds. The van der Waals surface area contributed by atoms with E-state index < -0.39 is 0 Å². The van der Waals surface area contributed by atoms with E-state index in [4.69, 9.17) is 4.42 Å². The second kappa shape index (κ2) is 4.79. The molecule has 0 spiro atoms. The van der Waals surface area contributed by atoms with Crippen molar-refractivity contribution >= 4 is 5.91 Å². The molecular formula is C15H23NO2. The van der Waals surface area contributed by atoms with Crippen molar-refractivity contribution in [3.05, 3.63) is 23.7 Å². The lowest BCUT2D eigenvalue weighted by atomic mass is 10.1. The first-order valence-corrected chi connectivity index (χ1v) is 6.75. The van der Waals surface area contributed by atoms with Crippen LogP contribution in [-0.2, 0) is 11.2 Å². The first-order chi connectivity index (χ1) is 8.35. The van der Waals surface area contributed by atoms with E-state index in [9.17, 15) is 4.79 Å². The molecule has 2 atom stereocenters. The summed E-state index contributed by atoms with van der Waals surface area (Å²) < 4.78 is 5.78. The third kappa shape index (κ3) is 3.62. The number of carbonyl (C=O) groups excluding carboxylic acids is 1. The molecule has 3 heteroatoms. The molecule has 0 aliphatic heterocycles. The lowest BCUT2D eigenvalue weighted by Gasteiger charge is -2.20. The number of amides is 1. The quantitative estimate of drug-likeness (QED) is 0.890. The minimum atomic E-state index is -0.158. The summed E-state index contributed by atoms with van der Waals surface area (Å²) in [5, 5.41) is 2.96. The van der Waals surface area contributed by atoms with Gasteiger partial charge in [0.15, 0.2) is 0 Å². The number of hydrogen-bond acceptors (Lipinski definition) is 2. The smallest absolute Gasteiger partial charge is 0.220 e. The lowest BCUT2D eigenvalue weighted by Crippen LogP contribution is -2.40. The summed E-state index contributed by atoms with van der Waals surface area (Å²) in [5.74, 6) is 3.47. The largest absolute Gasteiger partial charge is 0.466 e. The molecule has 2 unspecified atom stereocenters. The minimum absolute atomic E-state index is 0.0836. The van der Waals surface area contributed by atoms with Crippen LogP contribution in [0, 0.1) is 5.92 Å². The Morgan fingerprint density at radius 3 is 2.67 bits per heavy atom. The molecule has 1 saturated carbocycles. The number of aryl methyl sites for hydroxylation is 1. The lowest BCUT2D eigenvalue weighted by molar-refractivity contribution is -0.122. The van der Waals surface area contributed by atoms with Crippen molar-refractivity contribution < 1.29 is 9.21 Å². The fourth-order valence-electron chi connectivity index (χ4n) is 2.16. The Balaban J connectivity index is 1.80. The number of hydrogen-bond donors (Lipinski definition) is 1. The molecule has 0 bridgehead atoms. The van der Waals surface area contributed by atoms with Gasteiger partial charge >= 0.3 is 0 Å². The Hall–Kier alpha value is -1.25.